The highest BCUT2D eigenvalue weighted by atomic mass is 15.3. The summed E-state index contributed by atoms with van der Waals surface area (Å²) in [6, 6.07) is 0.452. The van der Waals surface area contributed by atoms with Crippen molar-refractivity contribution in [2.45, 2.75) is 40.7 Å². The second kappa shape index (κ2) is 6.04. The molecule has 0 spiro atoms. The predicted molar refractivity (Wildman–Crippen MR) is 68.5 cm³/mol. The van der Waals surface area contributed by atoms with Crippen LogP contribution in [0.5, 0.6) is 0 Å². The van der Waals surface area contributed by atoms with E-state index in [9.17, 15) is 0 Å². The minimum atomic E-state index is 0.452. The van der Waals surface area contributed by atoms with E-state index in [0.717, 1.165) is 19.0 Å². The maximum atomic E-state index is 4.37. The summed E-state index contributed by atoms with van der Waals surface area (Å²) in [4.78, 5) is 0. The molecule has 1 aromatic rings. The molecule has 1 N–H and O–H groups in total. The third kappa shape index (κ3) is 3.97. The summed E-state index contributed by atoms with van der Waals surface area (Å²) in [5, 5.41) is 7.87. The maximum Gasteiger partial charge on any atom is 0.0528 e. The quantitative estimate of drug-likeness (QED) is 0.803. The van der Waals surface area contributed by atoms with Crippen LogP contribution in [0.3, 0.4) is 0 Å². The Kier molecular flexibility index (Phi) is 5.00. The van der Waals surface area contributed by atoms with E-state index < -0.39 is 0 Å². The highest BCUT2D eigenvalue weighted by Crippen LogP contribution is 2.16. The topological polar surface area (TPSA) is 29.9 Å². The fourth-order valence-corrected chi connectivity index (χ4v) is 1.69. The molecule has 1 rings (SSSR count). The van der Waals surface area contributed by atoms with E-state index in [1.165, 1.54) is 5.56 Å². The number of aryl methyl sites for hydroxylation is 1. The smallest absolute Gasteiger partial charge is 0.0528 e. The molecule has 0 aromatic carbocycles. The van der Waals surface area contributed by atoms with Gasteiger partial charge in [-0.1, -0.05) is 20.8 Å². The Labute approximate surface area is 99.2 Å². The largest absolute Gasteiger partial charge is 0.316 e. The third-order valence-electron chi connectivity index (χ3n) is 2.99. The number of nitrogens with zero attached hydrogens (tertiary/aromatic N) is 2. The van der Waals surface area contributed by atoms with Crippen LogP contribution in [0.15, 0.2) is 12.4 Å². The predicted octanol–water partition coefficient (Wildman–Crippen LogP) is 2.63. The molecule has 0 aliphatic carbocycles. The molecule has 1 heterocycles. The second-order valence-electron chi connectivity index (χ2n) is 5.27. The van der Waals surface area contributed by atoms with Gasteiger partial charge in [-0.15, -0.1) is 0 Å². The van der Waals surface area contributed by atoms with Crippen molar-refractivity contribution < 1.29 is 0 Å². The van der Waals surface area contributed by atoms with Crippen molar-refractivity contribution in [3.05, 3.63) is 18.0 Å². The summed E-state index contributed by atoms with van der Waals surface area (Å²) in [5.41, 5.74) is 1.23. The van der Waals surface area contributed by atoms with E-state index in [1.807, 2.05) is 6.20 Å². The van der Waals surface area contributed by atoms with Crippen LogP contribution in [-0.4, -0.2) is 22.9 Å². The van der Waals surface area contributed by atoms with E-state index in [-0.39, 0.29) is 0 Å². The van der Waals surface area contributed by atoms with Crippen molar-refractivity contribution in [2.75, 3.05) is 13.1 Å². The summed E-state index contributed by atoms with van der Waals surface area (Å²) < 4.78 is 2.07. The summed E-state index contributed by atoms with van der Waals surface area (Å²) in [6.45, 7) is 13.2. The van der Waals surface area contributed by atoms with Crippen LogP contribution in [-0.2, 0) is 0 Å². The Morgan fingerprint density at radius 3 is 2.44 bits per heavy atom. The molecule has 0 aliphatic heterocycles. The van der Waals surface area contributed by atoms with Crippen molar-refractivity contribution in [1.82, 2.24) is 15.1 Å². The summed E-state index contributed by atoms with van der Waals surface area (Å²) in [6.07, 6.45) is 4.04. The molecule has 92 valence electrons. The van der Waals surface area contributed by atoms with Gasteiger partial charge in [0.25, 0.3) is 0 Å². The molecule has 0 radical (unpaired) electrons. The molecular formula is C13H25N3. The van der Waals surface area contributed by atoms with Gasteiger partial charge in [-0.05, 0) is 44.3 Å². The first-order valence-corrected chi connectivity index (χ1v) is 6.22. The SMILES string of the molecule is Cc1cnn(C(C)C(C)CNCC(C)C)c1. The van der Waals surface area contributed by atoms with Crippen LogP contribution in [0, 0.1) is 18.8 Å². The Morgan fingerprint density at radius 2 is 1.94 bits per heavy atom. The summed E-state index contributed by atoms with van der Waals surface area (Å²) in [7, 11) is 0. The van der Waals surface area contributed by atoms with Crippen LogP contribution in [0.2, 0.25) is 0 Å². The molecule has 0 aliphatic rings. The lowest BCUT2D eigenvalue weighted by atomic mass is 10.0. The highest BCUT2D eigenvalue weighted by Gasteiger charge is 2.14. The zero-order valence-electron chi connectivity index (χ0n) is 11.2. The fourth-order valence-electron chi connectivity index (χ4n) is 1.69. The van der Waals surface area contributed by atoms with Crippen LogP contribution >= 0.6 is 0 Å². The molecule has 0 bridgehead atoms. The molecule has 0 saturated heterocycles. The fraction of sp³-hybridized carbons (Fsp3) is 0.769. The lowest BCUT2D eigenvalue weighted by Crippen LogP contribution is -2.29. The molecule has 2 unspecified atom stereocenters. The van der Waals surface area contributed by atoms with Crippen LogP contribution in [0.4, 0.5) is 0 Å². The van der Waals surface area contributed by atoms with E-state index in [1.54, 1.807) is 0 Å². The number of rotatable bonds is 6. The molecule has 2 atom stereocenters. The van der Waals surface area contributed by atoms with Crippen LogP contribution in [0.1, 0.15) is 39.3 Å². The number of hydrogen-bond donors (Lipinski definition) is 1. The molecule has 16 heavy (non-hydrogen) atoms. The van der Waals surface area contributed by atoms with E-state index in [0.29, 0.717) is 12.0 Å². The second-order valence-corrected chi connectivity index (χ2v) is 5.27. The Bertz CT molecular complexity index is 304. The van der Waals surface area contributed by atoms with Crippen molar-refractivity contribution in [3.8, 4) is 0 Å². The third-order valence-corrected chi connectivity index (χ3v) is 2.99. The van der Waals surface area contributed by atoms with Gasteiger partial charge in [-0.3, -0.25) is 4.68 Å². The molecule has 3 nitrogen and oxygen atoms in total. The molecule has 3 heteroatoms. The average Bonchev–Trinajstić information content (AvgIpc) is 2.63. The normalized spacial score (nSPS) is 15.4. The number of hydrogen-bond acceptors (Lipinski definition) is 2. The van der Waals surface area contributed by atoms with Crippen molar-refractivity contribution in [2.24, 2.45) is 11.8 Å². The van der Waals surface area contributed by atoms with Gasteiger partial charge in [0.2, 0.25) is 0 Å². The first-order valence-electron chi connectivity index (χ1n) is 6.22. The Morgan fingerprint density at radius 1 is 1.25 bits per heavy atom. The zero-order chi connectivity index (χ0) is 12.1. The monoisotopic (exact) mass is 223 g/mol. The highest BCUT2D eigenvalue weighted by molar-refractivity contribution is 5.00. The van der Waals surface area contributed by atoms with Crippen molar-refractivity contribution in [3.63, 3.8) is 0 Å². The summed E-state index contributed by atoms with van der Waals surface area (Å²) >= 11 is 0. The first-order chi connectivity index (χ1) is 7.50. The minimum absolute atomic E-state index is 0.452. The molecule has 1 aromatic heterocycles. The van der Waals surface area contributed by atoms with E-state index >= 15 is 0 Å². The summed E-state index contributed by atoms with van der Waals surface area (Å²) in [5.74, 6) is 1.31. The van der Waals surface area contributed by atoms with Gasteiger partial charge in [0, 0.05) is 6.20 Å². The van der Waals surface area contributed by atoms with Crippen molar-refractivity contribution in [1.29, 1.82) is 0 Å². The molecular weight excluding hydrogens is 198 g/mol. The first kappa shape index (κ1) is 13.2. The molecule has 0 amide bonds. The lowest BCUT2D eigenvalue weighted by Gasteiger charge is -2.21. The molecule has 0 saturated carbocycles. The van der Waals surface area contributed by atoms with Gasteiger partial charge in [0.15, 0.2) is 0 Å². The van der Waals surface area contributed by atoms with Gasteiger partial charge >= 0.3 is 0 Å². The van der Waals surface area contributed by atoms with Gasteiger partial charge in [0.1, 0.15) is 0 Å². The van der Waals surface area contributed by atoms with Gasteiger partial charge < -0.3 is 5.32 Å². The minimum Gasteiger partial charge on any atom is -0.316 e. The van der Waals surface area contributed by atoms with Gasteiger partial charge in [-0.2, -0.15) is 5.10 Å². The molecule has 0 fully saturated rings. The number of aromatic nitrogens is 2. The van der Waals surface area contributed by atoms with Gasteiger partial charge in [-0.25, -0.2) is 0 Å². The van der Waals surface area contributed by atoms with Crippen LogP contribution < -0.4 is 5.32 Å². The zero-order valence-corrected chi connectivity index (χ0v) is 11.2. The standard InChI is InChI=1S/C13H25N3/c1-10(2)6-14-8-12(4)13(5)16-9-11(3)7-15-16/h7,9-10,12-14H,6,8H2,1-5H3. The maximum absolute atomic E-state index is 4.37. The Balaban J connectivity index is 2.38. The number of nitrogens with one attached hydrogen (secondary N) is 1. The van der Waals surface area contributed by atoms with Gasteiger partial charge in [0.05, 0.1) is 12.2 Å². The average molecular weight is 223 g/mol. The van der Waals surface area contributed by atoms with Crippen LogP contribution in [0.25, 0.3) is 0 Å². The van der Waals surface area contributed by atoms with Crippen molar-refractivity contribution >= 4 is 0 Å². The van der Waals surface area contributed by atoms with E-state index in [4.69, 9.17) is 0 Å². The lowest BCUT2D eigenvalue weighted by molar-refractivity contribution is 0.332. The van der Waals surface area contributed by atoms with E-state index in [2.05, 4.69) is 55.9 Å². The Hall–Kier alpha value is -0.830.